The average Bonchev–Trinajstić information content (AvgIpc) is 2.96. The first-order valence-electron chi connectivity index (χ1n) is 7.80. The second-order valence-electron chi connectivity index (χ2n) is 5.83. The lowest BCUT2D eigenvalue weighted by Gasteiger charge is -2.35. The van der Waals surface area contributed by atoms with Crippen LogP contribution in [-0.4, -0.2) is 62.9 Å². The number of benzene rings is 1. The first kappa shape index (κ1) is 14.6. The molecule has 2 heterocycles. The van der Waals surface area contributed by atoms with E-state index in [1.807, 2.05) is 6.07 Å². The molecule has 0 amide bonds. The lowest BCUT2D eigenvalue weighted by atomic mass is 10.0. The van der Waals surface area contributed by atoms with Gasteiger partial charge in [-0.25, -0.2) is 0 Å². The Hall–Kier alpha value is -1.30. The first-order valence-corrected chi connectivity index (χ1v) is 7.80. The van der Waals surface area contributed by atoms with Gasteiger partial charge in [0.1, 0.15) is 0 Å². The van der Waals surface area contributed by atoms with Crippen LogP contribution in [0.15, 0.2) is 18.2 Å². The van der Waals surface area contributed by atoms with Crippen molar-refractivity contribution in [2.45, 2.75) is 13.0 Å². The number of piperazine rings is 1. The second kappa shape index (κ2) is 6.64. The molecule has 0 aliphatic carbocycles. The number of nitrogens with one attached hydrogen (secondary N) is 1. The fraction of sp³-hybridized carbons (Fsp3) is 0.625. The number of ether oxygens (including phenoxy) is 2. The molecular formula is C16H25N3O2. The minimum atomic E-state index is 0.336. The number of nitrogens with zero attached hydrogens (tertiary/aromatic N) is 2. The topological polar surface area (TPSA) is 37.0 Å². The van der Waals surface area contributed by atoms with E-state index in [4.69, 9.17) is 9.47 Å². The summed E-state index contributed by atoms with van der Waals surface area (Å²) in [5, 5.41) is 3.60. The second-order valence-corrected chi connectivity index (χ2v) is 5.83. The fourth-order valence-corrected chi connectivity index (χ4v) is 2.95. The highest BCUT2D eigenvalue weighted by Gasteiger charge is 2.21. The van der Waals surface area contributed by atoms with Crippen molar-refractivity contribution >= 4 is 0 Å². The maximum atomic E-state index is 5.50. The SMILES string of the molecule is CCNC(CN1CCN(C)CC1)c1ccc2c(c1)OCO2. The molecule has 1 atom stereocenters. The zero-order valence-corrected chi connectivity index (χ0v) is 13.0. The van der Waals surface area contributed by atoms with Crippen molar-refractivity contribution in [1.29, 1.82) is 0 Å². The van der Waals surface area contributed by atoms with Gasteiger partial charge in [-0.05, 0) is 31.3 Å². The van der Waals surface area contributed by atoms with Crippen LogP contribution in [0.4, 0.5) is 0 Å². The van der Waals surface area contributed by atoms with E-state index < -0.39 is 0 Å². The molecule has 116 valence electrons. The smallest absolute Gasteiger partial charge is 0.231 e. The maximum Gasteiger partial charge on any atom is 0.231 e. The van der Waals surface area contributed by atoms with Crippen LogP contribution in [0.3, 0.4) is 0 Å². The average molecular weight is 291 g/mol. The Balaban J connectivity index is 1.69. The van der Waals surface area contributed by atoms with E-state index in [0.717, 1.165) is 50.8 Å². The van der Waals surface area contributed by atoms with E-state index >= 15 is 0 Å². The highest BCUT2D eigenvalue weighted by molar-refractivity contribution is 5.45. The molecule has 0 aromatic heterocycles. The predicted octanol–water partition coefficient (Wildman–Crippen LogP) is 1.31. The van der Waals surface area contributed by atoms with Crippen LogP contribution in [0.2, 0.25) is 0 Å². The molecule has 5 nitrogen and oxygen atoms in total. The Labute approximate surface area is 126 Å². The summed E-state index contributed by atoms with van der Waals surface area (Å²) in [5.74, 6) is 1.72. The summed E-state index contributed by atoms with van der Waals surface area (Å²) in [7, 11) is 2.19. The minimum absolute atomic E-state index is 0.336. The molecule has 1 aromatic carbocycles. The van der Waals surface area contributed by atoms with E-state index in [9.17, 15) is 0 Å². The normalized spacial score (nSPS) is 20.7. The van der Waals surface area contributed by atoms with E-state index in [1.54, 1.807) is 0 Å². The number of hydrogen-bond acceptors (Lipinski definition) is 5. The fourth-order valence-electron chi connectivity index (χ4n) is 2.95. The number of likely N-dealkylation sites (N-methyl/N-ethyl adjacent to an activating group) is 2. The molecule has 1 unspecified atom stereocenters. The Morgan fingerprint density at radius 3 is 2.67 bits per heavy atom. The van der Waals surface area contributed by atoms with Crippen LogP contribution >= 0.6 is 0 Å². The van der Waals surface area contributed by atoms with E-state index in [0.29, 0.717) is 12.8 Å². The zero-order valence-electron chi connectivity index (χ0n) is 13.0. The molecule has 0 radical (unpaired) electrons. The van der Waals surface area contributed by atoms with E-state index in [2.05, 4.69) is 41.2 Å². The van der Waals surface area contributed by atoms with Gasteiger partial charge in [-0.3, -0.25) is 4.90 Å². The van der Waals surface area contributed by atoms with Crippen LogP contribution in [0.5, 0.6) is 11.5 Å². The molecule has 1 N–H and O–H groups in total. The quantitative estimate of drug-likeness (QED) is 0.885. The van der Waals surface area contributed by atoms with Crippen molar-refractivity contribution in [2.75, 3.05) is 53.1 Å². The van der Waals surface area contributed by atoms with Crippen LogP contribution in [0.25, 0.3) is 0 Å². The monoisotopic (exact) mass is 291 g/mol. The minimum Gasteiger partial charge on any atom is -0.454 e. The lowest BCUT2D eigenvalue weighted by molar-refractivity contribution is 0.142. The molecule has 5 heteroatoms. The van der Waals surface area contributed by atoms with Crippen LogP contribution < -0.4 is 14.8 Å². The molecule has 0 spiro atoms. The third-order valence-electron chi connectivity index (χ3n) is 4.29. The molecule has 1 fully saturated rings. The molecule has 21 heavy (non-hydrogen) atoms. The van der Waals surface area contributed by atoms with Crippen molar-refractivity contribution in [2.24, 2.45) is 0 Å². The van der Waals surface area contributed by atoms with Crippen molar-refractivity contribution in [3.8, 4) is 11.5 Å². The number of rotatable bonds is 5. The summed E-state index contributed by atoms with van der Waals surface area (Å²) in [6, 6.07) is 6.63. The summed E-state index contributed by atoms with van der Waals surface area (Å²) >= 11 is 0. The third-order valence-corrected chi connectivity index (χ3v) is 4.29. The largest absolute Gasteiger partial charge is 0.454 e. The summed E-state index contributed by atoms with van der Waals surface area (Å²) in [4.78, 5) is 4.93. The van der Waals surface area contributed by atoms with Gasteiger partial charge in [0.05, 0.1) is 0 Å². The van der Waals surface area contributed by atoms with Gasteiger partial charge < -0.3 is 19.7 Å². The Bertz CT molecular complexity index is 473. The summed E-state index contributed by atoms with van der Waals surface area (Å²) in [6.45, 7) is 9.09. The van der Waals surface area contributed by atoms with Crippen molar-refractivity contribution < 1.29 is 9.47 Å². The highest BCUT2D eigenvalue weighted by atomic mass is 16.7. The van der Waals surface area contributed by atoms with Gasteiger partial charge in [0.2, 0.25) is 6.79 Å². The Morgan fingerprint density at radius 2 is 1.90 bits per heavy atom. The highest BCUT2D eigenvalue weighted by Crippen LogP contribution is 2.34. The van der Waals surface area contributed by atoms with Gasteiger partial charge >= 0.3 is 0 Å². The Kier molecular flexibility index (Phi) is 4.63. The molecule has 3 rings (SSSR count). The van der Waals surface area contributed by atoms with Crippen LogP contribution in [0.1, 0.15) is 18.5 Å². The molecule has 1 saturated heterocycles. The van der Waals surface area contributed by atoms with Gasteiger partial charge in [-0.2, -0.15) is 0 Å². The molecule has 1 aromatic rings. The molecule has 0 bridgehead atoms. The summed E-state index contributed by atoms with van der Waals surface area (Å²) in [5.41, 5.74) is 1.28. The molecule has 2 aliphatic heterocycles. The standard InChI is InChI=1S/C16H25N3O2/c1-3-17-14(11-19-8-6-18(2)7-9-19)13-4-5-15-16(10-13)21-12-20-15/h4-5,10,14,17H,3,6-9,11-12H2,1-2H3. The van der Waals surface area contributed by atoms with Gasteiger partial charge in [0, 0.05) is 38.8 Å². The zero-order chi connectivity index (χ0) is 14.7. The number of hydrogen-bond donors (Lipinski definition) is 1. The first-order chi connectivity index (χ1) is 10.3. The van der Waals surface area contributed by atoms with Gasteiger partial charge in [0.15, 0.2) is 11.5 Å². The molecule has 0 saturated carbocycles. The van der Waals surface area contributed by atoms with Crippen molar-refractivity contribution in [1.82, 2.24) is 15.1 Å². The van der Waals surface area contributed by atoms with Gasteiger partial charge in [0.25, 0.3) is 0 Å². The van der Waals surface area contributed by atoms with Crippen LogP contribution in [-0.2, 0) is 0 Å². The van der Waals surface area contributed by atoms with E-state index in [-0.39, 0.29) is 0 Å². The Morgan fingerprint density at radius 1 is 1.14 bits per heavy atom. The van der Waals surface area contributed by atoms with Crippen molar-refractivity contribution in [3.63, 3.8) is 0 Å². The van der Waals surface area contributed by atoms with Gasteiger partial charge in [-0.15, -0.1) is 0 Å². The predicted molar refractivity (Wildman–Crippen MR) is 82.9 cm³/mol. The number of fused-ring (bicyclic) bond motifs is 1. The molecule has 2 aliphatic rings. The lowest BCUT2D eigenvalue weighted by Crippen LogP contribution is -2.47. The summed E-state index contributed by atoms with van der Waals surface area (Å²) < 4.78 is 10.9. The van der Waals surface area contributed by atoms with Crippen molar-refractivity contribution in [3.05, 3.63) is 23.8 Å². The maximum absolute atomic E-state index is 5.50. The summed E-state index contributed by atoms with van der Waals surface area (Å²) in [6.07, 6.45) is 0. The third kappa shape index (κ3) is 3.48. The van der Waals surface area contributed by atoms with Gasteiger partial charge in [-0.1, -0.05) is 13.0 Å². The van der Waals surface area contributed by atoms with Crippen LogP contribution in [0, 0.1) is 0 Å². The molecular weight excluding hydrogens is 266 g/mol. The van der Waals surface area contributed by atoms with E-state index in [1.165, 1.54) is 5.56 Å².